The minimum Gasteiger partial charge on any atom is -0.308 e. The fourth-order valence-corrected chi connectivity index (χ4v) is 3.15. The fourth-order valence-electron chi connectivity index (χ4n) is 2.88. The van der Waals surface area contributed by atoms with Gasteiger partial charge in [-0.2, -0.15) is 0 Å². The topological polar surface area (TPSA) is 3.24 Å². The number of hydrogen-bond acceptors (Lipinski definition) is 1. The van der Waals surface area contributed by atoms with Crippen LogP contribution in [0.3, 0.4) is 0 Å². The van der Waals surface area contributed by atoms with Crippen molar-refractivity contribution in [3.63, 3.8) is 0 Å². The van der Waals surface area contributed by atoms with Gasteiger partial charge in [0.2, 0.25) is 0 Å². The molecular weight excluding hydrogens is 290 g/mol. The summed E-state index contributed by atoms with van der Waals surface area (Å²) >= 11 is 6.55. The Kier molecular flexibility index (Phi) is 3.21. The summed E-state index contributed by atoms with van der Waals surface area (Å²) in [4.78, 5) is 2.23. The average molecular weight is 304 g/mol. The zero-order valence-electron chi connectivity index (χ0n) is 11.9. The fraction of sp³-hybridized carbons (Fsp3) is 0. The molecule has 0 atom stereocenters. The van der Waals surface area contributed by atoms with Crippen molar-refractivity contribution in [1.29, 1.82) is 0 Å². The Morgan fingerprint density at radius 3 is 2.18 bits per heavy atom. The molecule has 1 aliphatic heterocycles. The summed E-state index contributed by atoms with van der Waals surface area (Å²) in [5.74, 6) is 0. The summed E-state index contributed by atoms with van der Waals surface area (Å²) < 4.78 is 0. The largest absolute Gasteiger partial charge is 0.308 e. The Morgan fingerprint density at radius 1 is 0.636 bits per heavy atom. The Labute approximate surface area is 135 Å². The van der Waals surface area contributed by atoms with Crippen molar-refractivity contribution in [3.8, 4) is 0 Å². The predicted molar refractivity (Wildman–Crippen MR) is 95.1 cm³/mol. The molecule has 2 heteroatoms. The van der Waals surface area contributed by atoms with E-state index in [1.165, 1.54) is 5.56 Å². The molecule has 0 spiro atoms. The summed E-state index contributed by atoms with van der Waals surface area (Å²) in [5.41, 5.74) is 5.56. The van der Waals surface area contributed by atoms with Crippen LogP contribution in [0, 0.1) is 0 Å². The Bertz CT molecular complexity index is 853. The molecule has 1 nitrogen and oxygen atoms in total. The molecule has 1 heterocycles. The molecular formula is C20H14ClN. The van der Waals surface area contributed by atoms with E-state index in [9.17, 15) is 0 Å². The number of nitrogens with zero attached hydrogens (tertiary/aromatic N) is 1. The van der Waals surface area contributed by atoms with E-state index in [0.717, 1.165) is 27.6 Å². The third-order valence-corrected chi connectivity index (χ3v) is 4.18. The summed E-state index contributed by atoms with van der Waals surface area (Å²) in [6.07, 6.45) is 4.27. The number of rotatable bonds is 1. The molecule has 106 valence electrons. The molecule has 1 aliphatic rings. The predicted octanol–water partition coefficient (Wildman–Crippen LogP) is 6.29. The first kappa shape index (κ1) is 13.2. The van der Waals surface area contributed by atoms with Crippen LogP contribution in [0.25, 0.3) is 12.2 Å². The van der Waals surface area contributed by atoms with E-state index in [0.29, 0.717) is 0 Å². The first-order valence-corrected chi connectivity index (χ1v) is 7.63. The van der Waals surface area contributed by atoms with Gasteiger partial charge in [0.15, 0.2) is 0 Å². The van der Waals surface area contributed by atoms with E-state index in [1.807, 2.05) is 30.3 Å². The first-order valence-electron chi connectivity index (χ1n) is 7.25. The summed E-state index contributed by atoms with van der Waals surface area (Å²) in [5, 5.41) is 0.753. The van der Waals surface area contributed by atoms with Crippen LogP contribution in [0.4, 0.5) is 17.1 Å². The van der Waals surface area contributed by atoms with Crippen molar-refractivity contribution in [2.45, 2.75) is 0 Å². The Morgan fingerprint density at radius 2 is 1.32 bits per heavy atom. The SMILES string of the molecule is Clc1cccc2c1N(c1ccccc1)c1ccccc1C=C2. The third kappa shape index (κ3) is 2.11. The molecule has 0 radical (unpaired) electrons. The van der Waals surface area contributed by atoms with Crippen molar-refractivity contribution in [2.75, 3.05) is 4.90 Å². The van der Waals surface area contributed by atoms with E-state index < -0.39 is 0 Å². The molecule has 3 aromatic carbocycles. The molecule has 0 saturated heterocycles. The molecule has 0 saturated carbocycles. The van der Waals surface area contributed by atoms with E-state index in [2.05, 4.69) is 59.5 Å². The van der Waals surface area contributed by atoms with Gasteiger partial charge in [0.05, 0.1) is 16.4 Å². The summed E-state index contributed by atoms with van der Waals surface area (Å²) in [6.45, 7) is 0. The minimum absolute atomic E-state index is 0.753. The second-order valence-corrected chi connectivity index (χ2v) is 5.65. The highest BCUT2D eigenvalue weighted by Gasteiger charge is 2.21. The van der Waals surface area contributed by atoms with E-state index in [-0.39, 0.29) is 0 Å². The van der Waals surface area contributed by atoms with E-state index >= 15 is 0 Å². The van der Waals surface area contributed by atoms with Gasteiger partial charge < -0.3 is 4.90 Å². The molecule has 22 heavy (non-hydrogen) atoms. The summed E-state index contributed by atoms with van der Waals surface area (Å²) in [6, 6.07) is 24.7. The van der Waals surface area contributed by atoms with Gasteiger partial charge in [0.25, 0.3) is 0 Å². The average Bonchev–Trinajstić information content (AvgIpc) is 2.74. The highest BCUT2D eigenvalue weighted by atomic mass is 35.5. The Hall–Kier alpha value is -2.51. The zero-order valence-corrected chi connectivity index (χ0v) is 12.7. The highest BCUT2D eigenvalue weighted by Crippen LogP contribution is 2.44. The standard InChI is InChI=1S/C20H14ClN/c21-18-11-6-8-16-14-13-15-7-4-5-12-19(15)22(20(16)18)17-9-2-1-3-10-17/h1-14H. The van der Waals surface area contributed by atoms with Crippen molar-refractivity contribution < 1.29 is 0 Å². The molecule has 4 rings (SSSR count). The zero-order chi connectivity index (χ0) is 14.9. The second kappa shape index (κ2) is 5.36. The lowest BCUT2D eigenvalue weighted by Crippen LogP contribution is -2.12. The van der Waals surface area contributed by atoms with Gasteiger partial charge in [-0.15, -0.1) is 0 Å². The number of benzene rings is 3. The number of anilines is 3. The maximum Gasteiger partial charge on any atom is 0.0720 e. The van der Waals surface area contributed by atoms with Gasteiger partial charge >= 0.3 is 0 Å². The quantitative estimate of drug-likeness (QED) is 0.399. The lowest BCUT2D eigenvalue weighted by atomic mass is 10.1. The molecule has 0 amide bonds. The molecule has 0 aliphatic carbocycles. The minimum atomic E-state index is 0.753. The van der Waals surface area contributed by atoms with E-state index in [1.54, 1.807) is 0 Å². The highest BCUT2D eigenvalue weighted by molar-refractivity contribution is 6.34. The van der Waals surface area contributed by atoms with Crippen LogP contribution in [-0.2, 0) is 0 Å². The van der Waals surface area contributed by atoms with Crippen LogP contribution in [0.5, 0.6) is 0 Å². The van der Waals surface area contributed by atoms with Crippen molar-refractivity contribution >= 4 is 40.8 Å². The van der Waals surface area contributed by atoms with Crippen LogP contribution in [0.1, 0.15) is 11.1 Å². The van der Waals surface area contributed by atoms with Gasteiger partial charge in [-0.1, -0.05) is 72.3 Å². The van der Waals surface area contributed by atoms with Crippen molar-refractivity contribution in [1.82, 2.24) is 0 Å². The van der Waals surface area contributed by atoms with Gasteiger partial charge in [-0.05, 0) is 29.8 Å². The van der Waals surface area contributed by atoms with Crippen LogP contribution < -0.4 is 4.90 Å². The van der Waals surface area contributed by atoms with Crippen molar-refractivity contribution in [2.24, 2.45) is 0 Å². The maximum atomic E-state index is 6.55. The number of hydrogen-bond donors (Lipinski definition) is 0. The van der Waals surface area contributed by atoms with Crippen LogP contribution in [0.2, 0.25) is 5.02 Å². The van der Waals surface area contributed by atoms with Crippen LogP contribution >= 0.6 is 11.6 Å². The number of para-hydroxylation sites is 3. The van der Waals surface area contributed by atoms with Crippen LogP contribution in [0.15, 0.2) is 72.8 Å². The lowest BCUT2D eigenvalue weighted by Gasteiger charge is -2.27. The normalized spacial score (nSPS) is 12.5. The monoisotopic (exact) mass is 303 g/mol. The van der Waals surface area contributed by atoms with Gasteiger partial charge in [-0.25, -0.2) is 0 Å². The molecule has 0 N–H and O–H groups in total. The Balaban J connectivity index is 2.06. The molecule has 3 aromatic rings. The number of halogens is 1. The number of fused-ring (bicyclic) bond motifs is 2. The van der Waals surface area contributed by atoms with Gasteiger partial charge in [0, 0.05) is 11.3 Å². The molecule has 0 bridgehead atoms. The van der Waals surface area contributed by atoms with Crippen LogP contribution in [-0.4, -0.2) is 0 Å². The summed E-state index contributed by atoms with van der Waals surface area (Å²) in [7, 11) is 0. The maximum absolute atomic E-state index is 6.55. The van der Waals surface area contributed by atoms with E-state index in [4.69, 9.17) is 11.6 Å². The van der Waals surface area contributed by atoms with Crippen molar-refractivity contribution in [3.05, 3.63) is 88.9 Å². The molecule has 0 aromatic heterocycles. The third-order valence-electron chi connectivity index (χ3n) is 3.88. The smallest absolute Gasteiger partial charge is 0.0720 e. The molecule has 0 unspecified atom stereocenters. The van der Waals surface area contributed by atoms with Gasteiger partial charge in [-0.3, -0.25) is 0 Å². The lowest BCUT2D eigenvalue weighted by molar-refractivity contribution is 1.28. The molecule has 0 fully saturated rings. The first-order chi connectivity index (χ1) is 10.8. The second-order valence-electron chi connectivity index (χ2n) is 5.24. The van der Waals surface area contributed by atoms with Gasteiger partial charge in [0.1, 0.15) is 0 Å².